The molecule has 0 radical (unpaired) electrons. The Labute approximate surface area is 144 Å². The fourth-order valence-corrected chi connectivity index (χ4v) is 3.44. The molecule has 4 nitrogen and oxygen atoms in total. The van der Waals surface area contributed by atoms with Crippen molar-refractivity contribution in [3.63, 3.8) is 0 Å². The van der Waals surface area contributed by atoms with Gasteiger partial charge in [-0.05, 0) is 43.7 Å². The SMILES string of the molecule is Cc1ccc(CNC(=O)C2CC3CCCCC3N2)cn1.Cl.Cl. The summed E-state index contributed by atoms with van der Waals surface area (Å²) in [6, 6.07) is 4.57. The van der Waals surface area contributed by atoms with Crippen molar-refractivity contribution < 1.29 is 4.79 Å². The Bertz CT molecular complexity index is 467. The van der Waals surface area contributed by atoms with Gasteiger partial charge < -0.3 is 10.6 Å². The van der Waals surface area contributed by atoms with Crippen LogP contribution in [0, 0.1) is 12.8 Å². The summed E-state index contributed by atoms with van der Waals surface area (Å²) in [5.41, 5.74) is 2.06. The highest BCUT2D eigenvalue weighted by Crippen LogP contribution is 2.33. The van der Waals surface area contributed by atoms with Crippen molar-refractivity contribution in [2.45, 2.75) is 57.7 Å². The molecule has 1 aromatic rings. The maximum atomic E-state index is 12.2. The average Bonchev–Trinajstić information content (AvgIpc) is 2.90. The van der Waals surface area contributed by atoms with Gasteiger partial charge in [0.1, 0.15) is 0 Å². The number of carbonyl (C=O) groups is 1. The molecule has 2 fully saturated rings. The van der Waals surface area contributed by atoms with Crippen LogP contribution in [0.25, 0.3) is 0 Å². The second-order valence-corrected chi connectivity index (χ2v) is 6.13. The van der Waals surface area contributed by atoms with Crippen molar-refractivity contribution in [2.75, 3.05) is 0 Å². The standard InChI is InChI=1S/C16H23N3O.2ClH/c1-11-6-7-12(9-17-11)10-18-16(20)15-8-13-4-2-3-5-14(13)19-15;;/h6-7,9,13-15,19H,2-5,8,10H2,1H3,(H,18,20);2*1H. The van der Waals surface area contributed by atoms with Gasteiger partial charge >= 0.3 is 0 Å². The minimum Gasteiger partial charge on any atom is -0.351 e. The number of hydrogen-bond donors (Lipinski definition) is 2. The molecule has 1 saturated heterocycles. The first-order chi connectivity index (χ1) is 9.72. The van der Waals surface area contributed by atoms with E-state index in [4.69, 9.17) is 0 Å². The predicted molar refractivity (Wildman–Crippen MR) is 92.6 cm³/mol. The van der Waals surface area contributed by atoms with E-state index in [0.717, 1.165) is 17.7 Å². The Kier molecular flexibility index (Phi) is 7.60. The summed E-state index contributed by atoms with van der Waals surface area (Å²) < 4.78 is 0. The molecule has 1 amide bonds. The number of fused-ring (bicyclic) bond motifs is 1. The first kappa shape index (κ1) is 19.2. The molecule has 0 bridgehead atoms. The van der Waals surface area contributed by atoms with E-state index >= 15 is 0 Å². The van der Waals surface area contributed by atoms with Crippen LogP contribution >= 0.6 is 24.8 Å². The fraction of sp³-hybridized carbons (Fsp3) is 0.625. The van der Waals surface area contributed by atoms with Crippen LogP contribution in [-0.2, 0) is 11.3 Å². The summed E-state index contributed by atoms with van der Waals surface area (Å²) in [4.78, 5) is 16.5. The summed E-state index contributed by atoms with van der Waals surface area (Å²) in [6.45, 7) is 2.53. The van der Waals surface area contributed by atoms with E-state index in [1.807, 2.05) is 25.3 Å². The maximum absolute atomic E-state index is 12.2. The molecule has 3 rings (SSSR count). The van der Waals surface area contributed by atoms with Gasteiger partial charge in [0.25, 0.3) is 0 Å². The lowest BCUT2D eigenvalue weighted by molar-refractivity contribution is -0.123. The number of pyridine rings is 1. The van der Waals surface area contributed by atoms with Gasteiger partial charge in [-0.25, -0.2) is 0 Å². The lowest BCUT2D eigenvalue weighted by atomic mass is 9.85. The minimum atomic E-state index is 0. The third kappa shape index (κ3) is 4.58. The molecule has 1 aliphatic heterocycles. The maximum Gasteiger partial charge on any atom is 0.237 e. The summed E-state index contributed by atoms with van der Waals surface area (Å²) >= 11 is 0. The largest absolute Gasteiger partial charge is 0.351 e. The van der Waals surface area contributed by atoms with Gasteiger partial charge in [0.15, 0.2) is 0 Å². The minimum absolute atomic E-state index is 0. The number of aryl methyl sites for hydroxylation is 1. The smallest absolute Gasteiger partial charge is 0.237 e. The van der Waals surface area contributed by atoms with E-state index in [-0.39, 0.29) is 36.8 Å². The van der Waals surface area contributed by atoms with Crippen molar-refractivity contribution in [3.8, 4) is 0 Å². The van der Waals surface area contributed by atoms with Crippen LogP contribution in [0.3, 0.4) is 0 Å². The number of halogens is 2. The zero-order valence-corrected chi connectivity index (χ0v) is 14.5. The highest BCUT2D eigenvalue weighted by atomic mass is 35.5. The predicted octanol–water partition coefficient (Wildman–Crippen LogP) is 2.77. The van der Waals surface area contributed by atoms with E-state index < -0.39 is 0 Å². The van der Waals surface area contributed by atoms with Gasteiger partial charge in [-0.15, -0.1) is 24.8 Å². The quantitative estimate of drug-likeness (QED) is 0.885. The summed E-state index contributed by atoms with van der Waals surface area (Å²) in [5.74, 6) is 0.848. The van der Waals surface area contributed by atoms with Crippen LogP contribution in [-0.4, -0.2) is 23.0 Å². The van der Waals surface area contributed by atoms with E-state index in [9.17, 15) is 4.79 Å². The molecule has 0 aromatic carbocycles. The van der Waals surface area contributed by atoms with Gasteiger partial charge in [0.05, 0.1) is 6.04 Å². The molecule has 1 aliphatic carbocycles. The van der Waals surface area contributed by atoms with E-state index in [1.165, 1.54) is 25.7 Å². The van der Waals surface area contributed by atoms with Crippen LogP contribution in [0.4, 0.5) is 0 Å². The van der Waals surface area contributed by atoms with Crippen molar-refractivity contribution in [2.24, 2.45) is 5.92 Å². The highest BCUT2D eigenvalue weighted by molar-refractivity contribution is 5.85. The van der Waals surface area contributed by atoms with Crippen molar-refractivity contribution >= 4 is 30.7 Å². The number of amides is 1. The Morgan fingerprint density at radius 3 is 2.77 bits per heavy atom. The first-order valence-corrected chi connectivity index (χ1v) is 7.67. The summed E-state index contributed by atoms with van der Waals surface area (Å²) in [7, 11) is 0. The molecule has 2 aliphatic rings. The Morgan fingerprint density at radius 2 is 2.09 bits per heavy atom. The second-order valence-electron chi connectivity index (χ2n) is 6.13. The molecular formula is C16H25Cl2N3O. The molecular weight excluding hydrogens is 321 g/mol. The van der Waals surface area contributed by atoms with Gasteiger partial charge in [-0.1, -0.05) is 18.9 Å². The molecule has 1 aromatic heterocycles. The zero-order chi connectivity index (χ0) is 13.9. The third-order valence-electron chi connectivity index (χ3n) is 4.62. The highest BCUT2D eigenvalue weighted by Gasteiger charge is 2.37. The Morgan fingerprint density at radius 1 is 1.32 bits per heavy atom. The monoisotopic (exact) mass is 345 g/mol. The van der Waals surface area contributed by atoms with Gasteiger partial charge in [0, 0.05) is 24.5 Å². The fourth-order valence-electron chi connectivity index (χ4n) is 3.44. The molecule has 3 unspecified atom stereocenters. The number of hydrogen-bond acceptors (Lipinski definition) is 3. The van der Waals surface area contributed by atoms with Crippen molar-refractivity contribution in [1.29, 1.82) is 0 Å². The molecule has 2 N–H and O–H groups in total. The molecule has 2 heterocycles. The average molecular weight is 346 g/mol. The first-order valence-electron chi connectivity index (χ1n) is 7.67. The number of nitrogens with one attached hydrogen (secondary N) is 2. The molecule has 22 heavy (non-hydrogen) atoms. The number of aromatic nitrogens is 1. The normalized spacial score (nSPS) is 26.3. The van der Waals surface area contributed by atoms with E-state index in [0.29, 0.717) is 18.5 Å². The van der Waals surface area contributed by atoms with Crippen molar-refractivity contribution in [1.82, 2.24) is 15.6 Å². The Hall–Kier alpha value is -0.840. The van der Waals surface area contributed by atoms with Crippen LogP contribution in [0.1, 0.15) is 43.4 Å². The molecule has 124 valence electrons. The topological polar surface area (TPSA) is 54.0 Å². The lowest BCUT2D eigenvalue weighted by Crippen LogP contribution is -2.42. The van der Waals surface area contributed by atoms with Crippen LogP contribution < -0.4 is 10.6 Å². The molecule has 6 heteroatoms. The summed E-state index contributed by atoms with van der Waals surface area (Å²) in [5, 5.41) is 6.54. The van der Waals surface area contributed by atoms with Crippen molar-refractivity contribution in [3.05, 3.63) is 29.6 Å². The van der Waals surface area contributed by atoms with Crippen LogP contribution in [0.2, 0.25) is 0 Å². The number of carbonyl (C=O) groups excluding carboxylic acids is 1. The van der Waals surface area contributed by atoms with Gasteiger partial charge in [-0.2, -0.15) is 0 Å². The molecule has 0 spiro atoms. The molecule has 1 saturated carbocycles. The van der Waals surface area contributed by atoms with Crippen LogP contribution in [0.5, 0.6) is 0 Å². The van der Waals surface area contributed by atoms with Gasteiger partial charge in [-0.3, -0.25) is 9.78 Å². The number of nitrogens with zero attached hydrogens (tertiary/aromatic N) is 1. The van der Waals surface area contributed by atoms with Gasteiger partial charge in [0.2, 0.25) is 5.91 Å². The van der Waals surface area contributed by atoms with E-state index in [2.05, 4.69) is 15.6 Å². The molecule has 3 atom stereocenters. The second kappa shape index (κ2) is 8.70. The zero-order valence-electron chi connectivity index (χ0n) is 12.9. The third-order valence-corrected chi connectivity index (χ3v) is 4.62. The summed E-state index contributed by atoms with van der Waals surface area (Å²) in [6.07, 6.45) is 7.98. The Balaban J connectivity index is 0.00000121. The van der Waals surface area contributed by atoms with E-state index in [1.54, 1.807) is 0 Å². The lowest BCUT2D eigenvalue weighted by Gasteiger charge is -2.24. The number of rotatable bonds is 3. The van der Waals surface area contributed by atoms with Crippen LogP contribution in [0.15, 0.2) is 18.3 Å².